The first-order valence-corrected chi connectivity index (χ1v) is 10.2. The monoisotopic (exact) mass is 415 g/mol. The van der Waals surface area contributed by atoms with E-state index in [4.69, 9.17) is 12.2 Å². The largest absolute Gasteiger partial charge is 0.339 e. The highest BCUT2D eigenvalue weighted by atomic mass is 32.1. The molecule has 0 saturated carbocycles. The zero-order valence-electron chi connectivity index (χ0n) is 15.6. The van der Waals surface area contributed by atoms with Crippen LogP contribution in [0.3, 0.4) is 0 Å². The Labute approximate surface area is 172 Å². The maximum absolute atomic E-state index is 12.6. The summed E-state index contributed by atoms with van der Waals surface area (Å²) < 4.78 is 2.03. The van der Waals surface area contributed by atoms with Crippen LogP contribution >= 0.6 is 23.6 Å². The number of hydrogen-bond donors (Lipinski definition) is 2. The van der Waals surface area contributed by atoms with E-state index in [0.717, 1.165) is 4.88 Å². The summed E-state index contributed by atoms with van der Waals surface area (Å²) in [6, 6.07) is 10.8. The van der Waals surface area contributed by atoms with E-state index in [1.807, 2.05) is 31.4 Å². The first-order valence-electron chi connectivity index (χ1n) is 8.91. The van der Waals surface area contributed by atoms with Crippen LogP contribution in [-0.2, 0) is 11.3 Å². The van der Waals surface area contributed by atoms with Gasteiger partial charge in [0, 0.05) is 24.3 Å². The van der Waals surface area contributed by atoms with Gasteiger partial charge < -0.3 is 10.2 Å². The predicted molar refractivity (Wildman–Crippen MR) is 113 cm³/mol. The minimum Gasteiger partial charge on any atom is -0.339 e. The molecule has 2 N–H and O–H groups in total. The van der Waals surface area contributed by atoms with Crippen LogP contribution in [0.4, 0.5) is 5.69 Å². The van der Waals surface area contributed by atoms with Crippen LogP contribution in [0.15, 0.2) is 41.8 Å². The SMILES string of the molecule is CCN(CC)C(=O)c1cccc(NC(=O)Cn2c(-c3cccs3)n[nH]c2=S)c1. The number of benzene rings is 1. The number of thiophene rings is 1. The minimum atomic E-state index is -0.247. The van der Waals surface area contributed by atoms with Crippen LogP contribution in [-0.4, -0.2) is 44.6 Å². The smallest absolute Gasteiger partial charge is 0.253 e. The average molecular weight is 416 g/mol. The maximum atomic E-state index is 12.6. The molecule has 0 atom stereocenters. The van der Waals surface area contributed by atoms with Crippen LogP contribution in [0.1, 0.15) is 24.2 Å². The van der Waals surface area contributed by atoms with E-state index in [2.05, 4.69) is 15.5 Å². The molecule has 0 radical (unpaired) electrons. The summed E-state index contributed by atoms with van der Waals surface area (Å²) >= 11 is 6.78. The number of anilines is 1. The Morgan fingerprint density at radius 1 is 1.25 bits per heavy atom. The fraction of sp³-hybridized carbons (Fsp3) is 0.263. The zero-order chi connectivity index (χ0) is 20.1. The number of nitrogens with one attached hydrogen (secondary N) is 2. The summed E-state index contributed by atoms with van der Waals surface area (Å²) in [6.07, 6.45) is 0. The van der Waals surface area contributed by atoms with Gasteiger partial charge in [-0.15, -0.1) is 11.3 Å². The number of H-pyrrole nitrogens is 1. The van der Waals surface area contributed by atoms with Crippen molar-refractivity contribution in [2.45, 2.75) is 20.4 Å². The van der Waals surface area contributed by atoms with Gasteiger partial charge in [-0.05, 0) is 55.7 Å². The lowest BCUT2D eigenvalue weighted by atomic mass is 10.1. The van der Waals surface area contributed by atoms with Gasteiger partial charge in [0.2, 0.25) is 5.91 Å². The summed E-state index contributed by atoms with van der Waals surface area (Å²) in [5.41, 5.74) is 1.11. The lowest BCUT2D eigenvalue weighted by Crippen LogP contribution is -2.30. The van der Waals surface area contributed by atoms with Gasteiger partial charge in [0.15, 0.2) is 10.6 Å². The minimum absolute atomic E-state index is 0.0246. The molecule has 2 amide bonds. The second-order valence-corrected chi connectivity index (χ2v) is 7.36. The Kier molecular flexibility index (Phi) is 6.37. The maximum Gasteiger partial charge on any atom is 0.253 e. The van der Waals surface area contributed by atoms with Gasteiger partial charge in [-0.1, -0.05) is 12.1 Å². The van der Waals surface area contributed by atoms with Gasteiger partial charge in [-0.25, -0.2) is 0 Å². The fourth-order valence-electron chi connectivity index (χ4n) is 2.83. The van der Waals surface area contributed by atoms with Crippen molar-refractivity contribution in [1.82, 2.24) is 19.7 Å². The van der Waals surface area contributed by atoms with Crippen molar-refractivity contribution in [2.24, 2.45) is 0 Å². The predicted octanol–water partition coefficient (Wildman–Crippen LogP) is 3.79. The highest BCUT2D eigenvalue weighted by molar-refractivity contribution is 7.71. The molecular weight excluding hydrogens is 394 g/mol. The molecule has 0 aliphatic rings. The van der Waals surface area contributed by atoms with Crippen LogP contribution in [0, 0.1) is 4.77 Å². The summed E-state index contributed by atoms with van der Waals surface area (Å²) in [7, 11) is 0. The molecule has 0 bridgehead atoms. The number of aromatic nitrogens is 3. The van der Waals surface area contributed by atoms with Gasteiger partial charge in [0.1, 0.15) is 6.54 Å². The molecule has 9 heteroatoms. The number of amides is 2. The quantitative estimate of drug-likeness (QED) is 0.575. The Morgan fingerprint density at radius 3 is 2.71 bits per heavy atom. The first kappa shape index (κ1) is 20.0. The number of hydrogen-bond acceptors (Lipinski definition) is 5. The topological polar surface area (TPSA) is 83.0 Å². The van der Waals surface area contributed by atoms with Crippen molar-refractivity contribution in [3.63, 3.8) is 0 Å². The molecule has 3 aromatic rings. The van der Waals surface area contributed by atoms with E-state index in [0.29, 0.717) is 34.9 Å². The Bertz CT molecular complexity index is 1020. The van der Waals surface area contributed by atoms with Crippen molar-refractivity contribution in [1.29, 1.82) is 0 Å². The lowest BCUT2D eigenvalue weighted by Gasteiger charge is -2.19. The molecule has 3 rings (SSSR count). The van der Waals surface area contributed by atoms with Crippen molar-refractivity contribution in [3.05, 3.63) is 52.1 Å². The van der Waals surface area contributed by atoms with Crippen molar-refractivity contribution >= 4 is 41.1 Å². The molecule has 2 aromatic heterocycles. The van der Waals surface area contributed by atoms with Gasteiger partial charge in [-0.2, -0.15) is 5.10 Å². The third kappa shape index (κ3) is 4.37. The summed E-state index contributed by atoms with van der Waals surface area (Å²) in [6.45, 7) is 5.17. The summed E-state index contributed by atoms with van der Waals surface area (Å²) in [4.78, 5) is 27.7. The van der Waals surface area contributed by atoms with Gasteiger partial charge in [0.25, 0.3) is 5.91 Å². The van der Waals surface area contributed by atoms with E-state index in [9.17, 15) is 9.59 Å². The van der Waals surface area contributed by atoms with Gasteiger partial charge >= 0.3 is 0 Å². The van der Waals surface area contributed by atoms with Gasteiger partial charge in [0.05, 0.1) is 4.88 Å². The van der Waals surface area contributed by atoms with Crippen LogP contribution in [0.5, 0.6) is 0 Å². The van der Waals surface area contributed by atoms with E-state index in [-0.39, 0.29) is 18.4 Å². The Morgan fingerprint density at radius 2 is 2.04 bits per heavy atom. The lowest BCUT2D eigenvalue weighted by molar-refractivity contribution is -0.116. The zero-order valence-corrected chi connectivity index (χ0v) is 17.3. The molecule has 146 valence electrons. The molecule has 2 heterocycles. The molecular formula is C19H21N5O2S2. The number of aromatic amines is 1. The summed E-state index contributed by atoms with van der Waals surface area (Å²) in [5, 5.41) is 11.7. The van der Waals surface area contributed by atoms with Crippen LogP contribution in [0.2, 0.25) is 0 Å². The van der Waals surface area contributed by atoms with Crippen molar-refractivity contribution < 1.29 is 9.59 Å². The highest BCUT2D eigenvalue weighted by Crippen LogP contribution is 2.22. The Balaban J connectivity index is 1.75. The summed E-state index contributed by atoms with van der Waals surface area (Å²) in [5.74, 6) is 0.321. The molecule has 0 fully saturated rings. The number of carbonyl (C=O) groups excluding carboxylic acids is 2. The molecule has 28 heavy (non-hydrogen) atoms. The van der Waals surface area contributed by atoms with Crippen LogP contribution < -0.4 is 5.32 Å². The van der Waals surface area contributed by atoms with E-state index < -0.39 is 0 Å². The second-order valence-electron chi connectivity index (χ2n) is 6.02. The normalized spacial score (nSPS) is 10.6. The van der Waals surface area contributed by atoms with Crippen molar-refractivity contribution in [3.8, 4) is 10.7 Å². The average Bonchev–Trinajstić information content (AvgIpc) is 3.33. The van der Waals surface area contributed by atoms with E-state index in [1.54, 1.807) is 33.7 Å². The molecule has 0 aliphatic carbocycles. The third-order valence-corrected chi connectivity index (χ3v) is 5.42. The molecule has 0 aliphatic heterocycles. The van der Waals surface area contributed by atoms with Crippen LogP contribution in [0.25, 0.3) is 10.7 Å². The number of nitrogens with zero attached hydrogens (tertiary/aromatic N) is 3. The molecule has 0 spiro atoms. The Hall–Kier alpha value is -2.78. The van der Waals surface area contributed by atoms with Gasteiger partial charge in [-0.3, -0.25) is 19.3 Å². The second kappa shape index (κ2) is 8.94. The molecule has 0 saturated heterocycles. The molecule has 1 aromatic carbocycles. The first-order chi connectivity index (χ1) is 13.5. The molecule has 0 unspecified atom stereocenters. The standard InChI is InChI=1S/C19H21N5O2S2/c1-3-23(4-2)18(26)13-7-5-8-14(11-13)20-16(25)12-24-17(21-22-19(24)27)15-9-6-10-28-15/h5-11H,3-4,12H2,1-2H3,(H,20,25)(H,22,27). The fourth-order valence-corrected chi connectivity index (χ4v) is 3.74. The van der Waals surface area contributed by atoms with E-state index >= 15 is 0 Å². The number of carbonyl (C=O) groups is 2. The number of rotatable bonds is 7. The highest BCUT2D eigenvalue weighted by Gasteiger charge is 2.15. The third-order valence-electron chi connectivity index (χ3n) is 4.25. The molecule has 7 nitrogen and oxygen atoms in total. The van der Waals surface area contributed by atoms with Crippen molar-refractivity contribution in [2.75, 3.05) is 18.4 Å². The van der Waals surface area contributed by atoms with E-state index in [1.165, 1.54) is 11.3 Å².